The molecule has 0 atom stereocenters. The van der Waals surface area contributed by atoms with Gasteiger partial charge in [-0.25, -0.2) is 4.98 Å². The molecule has 1 fully saturated rings. The van der Waals surface area contributed by atoms with Crippen molar-refractivity contribution in [3.05, 3.63) is 51.8 Å². The second-order valence-electron chi connectivity index (χ2n) is 5.42. The van der Waals surface area contributed by atoms with Gasteiger partial charge in [0.25, 0.3) is 5.56 Å². The highest BCUT2D eigenvalue weighted by Gasteiger charge is 2.24. The van der Waals surface area contributed by atoms with Gasteiger partial charge in [0.15, 0.2) is 0 Å². The Balaban J connectivity index is 1.87. The van der Waals surface area contributed by atoms with Gasteiger partial charge in [0.05, 0.1) is 17.8 Å². The van der Waals surface area contributed by atoms with Gasteiger partial charge >= 0.3 is 0 Å². The Bertz CT molecular complexity index is 908. The summed E-state index contributed by atoms with van der Waals surface area (Å²) in [5, 5.41) is 4.64. The molecule has 6 heteroatoms. The van der Waals surface area contributed by atoms with Crippen LogP contribution in [0.5, 0.6) is 0 Å². The number of pyridine rings is 1. The Labute approximate surface area is 125 Å². The van der Waals surface area contributed by atoms with Crippen LogP contribution in [0.25, 0.3) is 16.8 Å². The van der Waals surface area contributed by atoms with E-state index in [1.807, 2.05) is 23.1 Å². The van der Waals surface area contributed by atoms with Crippen LogP contribution in [0.1, 0.15) is 24.4 Å². The minimum Gasteiger partial charge on any atom is -0.269 e. The Morgan fingerprint density at radius 1 is 1.24 bits per heavy atom. The van der Waals surface area contributed by atoms with E-state index in [-0.39, 0.29) is 10.7 Å². The minimum atomic E-state index is -0.138. The molecule has 4 rings (SSSR count). The van der Waals surface area contributed by atoms with Crippen molar-refractivity contribution in [2.45, 2.75) is 25.8 Å². The van der Waals surface area contributed by atoms with Crippen molar-refractivity contribution in [3.63, 3.8) is 0 Å². The third kappa shape index (κ3) is 2.05. The first-order chi connectivity index (χ1) is 10.1. The van der Waals surface area contributed by atoms with Crippen molar-refractivity contribution in [1.29, 1.82) is 0 Å². The monoisotopic (exact) mass is 300 g/mol. The fraction of sp³-hybridized carbons (Fsp3) is 0.267. The van der Waals surface area contributed by atoms with Crippen LogP contribution in [0, 0.1) is 6.92 Å². The molecular weight excluding hydrogens is 288 g/mol. The maximum Gasteiger partial charge on any atom is 0.262 e. The lowest BCUT2D eigenvalue weighted by atomic mass is 10.1. The number of aromatic nitrogens is 4. The van der Waals surface area contributed by atoms with Gasteiger partial charge in [-0.3, -0.25) is 13.9 Å². The Morgan fingerprint density at radius 3 is 2.81 bits per heavy atom. The summed E-state index contributed by atoms with van der Waals surface area (Å²) in [5.74, 6) is 0. The molecule has 5 nitrogen and oxygen atoms in total. The topological polar surface area (TPSA) is 52.2 Å². The average Bonchev–Trinajstić information content (AvgIpc) is 3.22. The number of hydrogen-bond acceptors (Lipinski definition) is 3. The Hall–Kier alpha value is -2.14. The van der Waals surface area contributed by atoms with E-state index in [1.54, 1.807) is 19.2 Å². The number of rotatable bonds is 2. The van der Waals surface area contributed by atoms with Crippen molar-refractivity contribution in [3.8, 4) is 11.1 Å². The summed E-state index contributed by atoms with van der Waals surface area (Å²) in [6.07, 6.45) is 8.04. The van der Waals surface area contributed by atoms with E-state index in [1.165, 1.54) is 17.2 Å². The lowest BCUT2D eigenvalue weighted by Gasteiger charge is -2.05. The van der Waals surface area contributed by atoms with E-state index in [9.17, 15) is 4.79 Å². The summed E-state index contributed by atoms with van der Waals surface area (Å²) in [7, 11) is 0. The molecule has 0 aliphatic heterocycles. The molecule has 106 valence electrons. The third-order valence-electron chi connectivity index (χ3n) is 3.84. The molecule has 1 aliphatic carbocycles. The first-order valence-electron chi connectivity index (χ1n) is 6.86. The maximum atomic E-state index is 12.3. The van der Waals surface area contributed by atoms with Crippen LogP contribution < -0.4 is 5.56 Å². The summed E-state index contributed by atoms with van der Waals surface area (Å²) in [6.45, 7) is 1.68. The van der Waals surface area contributed by atoms with Crippen LogP contribution in [0.15, 0.2) is 35.5 Å². The number of halogens is 1. The van der Waals surface area contributed by atoms with Gasteiger partial charge in [0.2, 0.25) is 0 Å². The number of fused-ring (bicyclic) bond motifs is 1. The summed E-state index contributed by atoms with van der Waals surface area (Å²) in [5.41, 5.74) is 2.82. The summed E-state index contributed by atoms with van der Waals surface area (Å²) in [6, 6.07) is 4.28. The van der Waals surface area contributed by atoms with Gasteiger partial charge in [-0.2, -0.15) is 5.10 Å². The molecule has 0 saturated heterocycles. The zero-order valence-corrected chi connectivity index (χ0v) is 12.2. The molecular formula is C15H13ClN4O. The van der Waals surface area contributed by atoms with Gasteiger partial charge in [0.1, 0.15) is 10.8 Å². The van der Waals surface area contributed by atoms with E-state index >= 15 is 0 Å². The lowest BCUT2D eigenvalue weighted by Crippen LogP contribution is -2.18. The smallest absolute Gasteiger partial charge is 0.262 e. The number of hydrogen-bond donors (Lipinski definition) is 0. The van der Waals surface area contributed by atoms with Crippen molar-refractivity contribution in [2.75, 3.05) is 0 Å². The quantitative estimate of drug-likeness (QED) is 0.684. The first-order valence-corrected chi connectivity index (χ1v) is 7.24. The molecule has 0 spiro atoms. The average molecular weight is 301 g/mol. The zero-order valence-electron chi connectivity index (χ0n) is 11.5. The summed E-state index contributed by atoms with van der Waals surface area (Å²) >= 11 is 5.96. The van der Waals surface area contributed by atoms with Crippen LogP contribution in [-0.4, -0.2) is 19.2 Å². The van der Waals surface area contributed by atoms with E-state index in [2.05, 4.69) is 10.1 Å². The molecule has 0 bridgehead atoms. The molecule has 0 amide bonds. The molecule has 3 aromatic heterocycles. The molecule has 3 aromatic rings. The van der Waals surface area contributed by atoms with Crippen molar-refractivity contribution < 1.29 is 0 Å². The van der Waals surface area contributed by atoms with E-state index in [0.29, 0.717) is 17.3 Å². The normalized spacial score (nSPS) is 14.8. The molecule has 0 unspecified atom stereocenters. The number of nitrogens with zero attached hydrogens (tertiary/aromatic N) is 4. The van der Waals surface area contributed by atoms with Crippen molar-refractivity contribution in [1.82, 2.24) is 19.2 Å². The highest BCUT2D eigenvalue weighted by molar-refractivity contribution is 6.30. The first kappa shape index (κ1) is 12.6. The van der Waals surface area contributed by atoms with Crippen molar-refractivity contribution in [2.24, 2.45) is 0 Å². The van der Waals surface area contributed by atoms with Gasteiger partial charge in [-0.1, -0.05) is 11.6 Å². The van der Waals surface area contributed by atoms with Crippen LogP contribution in [0.4, 0.5) is 0 Å². The predicted molar refractivity (Wildman–Crippen MR) is 80.7 cm³/mol. The Kier molecular flexibility index (Phi) is 2.65. The third-order valence-corrected chi connectivity index (χ3v) is 4.21. The predicted octanol–water partition coefficient (Wildman–Crippen LogP) is 2.85. The van der Waals surface area contributed by atoms with Gasteiger partial charge in [0, 0.05) is 23.5 Å². The summed E-state index contributed by atoms with van der Waals surface area (Å²) in [4.78, 5) is 16.5. The van der Waals surface area contributed by atoms with Crippen LogP contribution in [0.2, 0.25) is 5.15 Å². The second kappa shape index (κ2) is 4.43. The lowest BCUT2D eigenvalue weighted by molar-refractivity contribution is 0.642. The molecule has 0 radical (unpaired) electrons. The largest absolute Gasteiger partial charge is 0.269 e. The Morgan fingerprint density at radius 2 is 2.05 bits per heavy atom. The van der Waals surface area contributed by atoms with E-state index in [4.69, 9.17) is 11.6 Å². The van der Waals surface area contributed by atoms with Gasteiger partial charge < -0.3 is 0 Å². The SMILES string of the molecule is Cc1c(Cl)nc2ccc(-c3cnn(C4CC4)c3)cn2c1=O. The fourth-order valence-electron chi connectivity index (χ4n) is 2.40. The second-order valence-corrected chi connectivity index (χ2v) is 5.78. The highest BCUT2D eigenvalue weighted by atomic mass is 35.5. The molecule has 1 aliphatic rings. The molecule has 0 aromatic carbocycles. The van der Waals surface area contributed by atoms with Crippen molar-refractivity contribution >= 4 is 17.2 Å². The van der Waals surface area contributed by atoms with E-state index < -0.39 is 0 Å². The minimum absolute atomic E-state index is 0.138. The molecule has 3 heterocycles. The zero-order chi connectivity index (χ0) is 14.6. The molecule has 1 saturated carbocycles. The van der Waals surface area contributed by atoms with E-state index in [0.717, 1.165) is 11.1 Å². The van der Waals surface area contributed by atoms with Gasteiger partial charge in [-0.15, -0.1) is 0 Å². The van der Waals surface area contributed by atoms with Gasteiger partial charge in [-0.05, 0) is 31.9 Å². The van der Waals surface area contributed by atoms with Crippen LogP contribution >= 0.6 is 11.6 Å². The fourth-order valence-corrected chi connectivity index (χ4v) is 2.56. The highest BCUT2D eigenvalue weighted by Crippen LogP contribution is 2.35. The molecule has 21 heavy (non-hydrogen) atoms. The standard InChI is InChI=1S/C15H13ClN4O/c1-9-14(16)18-13-5-2-10(7-19(13)15(9)21)11-6-17-20(8-11)12-3-4-12/h2,5-8,12H,3-4H2,1H3. The molecule has 0 N–H and O–H groups in total. The van der Waals surface area contributed by atoms with Crippen LogP contribution in [-0.2, 0) is 0 Å². The van der Waals surface area contributed by atoms with Crippen LogP contribution in [0.3, 0.4) is 0 Å². The summed E-state index contributed by atoms with van der Waals surface area (Å²) < 4.78 is 3.53. The maximum absolute atomic E-state index is 12.3.